The predicted molar refractivity (Wildman–Crippen MR) is 169 cm³/mol. The van der Waals surface area contributed by atoms with E-state index in [0.29, 0.717) is 59.5 Å². The molecular weight excluding hydrogens is 593 g/mol. The summed E-state index contributed by atoms with van der Waals surface area (Å²) in [5, 5.41) is 0. The van der Waals surface area contributed by atoms with Crippen LogP contribution in [0.5, 0.6) is 0 Å². The zero-order chi connectivity index (χ0) is 29.5. The summed E-state index contributed by atoms with van der Waals surface area (Å²) in [4.78, 5) is 0. The summed E-state index contributed by atoms with van der Waals surface area (Å²) >= 11 is 3.40. The van der Waals surface area contributed by atoms with Crippen LogP contribution >= 0.6 is 22.4 Å². The van der Waals surface area contributed by atoms with E-state index < -0.39 is 24.7 Å². The van der Waals surface area contributed by atoms with Gasteiger partial charge in [0.15, 0.2) is 0 Å². The monoisotopic (exact) mass is 650 g/mol. The largest absolute Gasteiger partial charge is 0.573 e. The van der Waals surface area contributed by atoms with E-state index in [1.54, 1.807) is 22.4 Å². The zero-order valence-electron chi connectivity index (χ0n) is 26.2. The van der Waals surface area contributed by atoms with Gasteiger partial charge < -0.3 is 39.8 Å². The van der Waals surface area contributed by atoms with E-state index >= 15 is 0 Å². The minimum Gasteiger partial charge on any atom is -0.374 e. The van der Waals surface area contributed by atoms with E-state index in [0.717, 1.165) is 37.2 Å². The van der Waals surface area contributed by atoms with Gasteiger partial charge in [0.25, 0.3) is 0 Å². The second kappa shape index (κ2) is 24.4. The van der Waals surface area contributed by atoms with Crippen molar-refractivity contribution < 1.29 is 39.8 Å². The first-order valence-electron chi connectivity index (χ1n) is 14.9. The molecule has 0 aromatic heterocycles. The summed E-state index contributed by atoms with van der Waals surface area (Å²) in [5.74, 6) is 1.75. The van der Waals surface area contributed by atoms with Gasteiger partial charge in [-0.15, -0.1) is 0 Å². The minimum absolute atomic E-state index is 0.184. The van der Waals surface area contributed by atoms with Crippen LogP contribution in [0.3, 0.4) is 0 Å². The molecule has 0 atom stereocenters. The van der Waals surface area contributed by atoms with Crippen molar-refractivity contribution in [2.75, 3.05) is 71.0 Å². The van der Waals surface area contributed by atoms with E-state index in [1.807, 2.05) is 62.3 Å². The van der Waals surface area contributed by atoms with Gasteiger partial charge in [0, 0.05) is 65.0 Å². The van der Waals surface area contributed by atoms with Crippen LogP contribution in [0.4, 0.5) is 0 Å². The molecule has 0 fully saturated rings. The summed E-state index contributed by atoms with van der Waals surface area (Å²) < 4.78 is 55.2. The van der Waals surface area contributed by atoms with E-state index in [1.165, 1.54) is 0 Å². The molecule has 14 heteroatoms. The van der Waals surface area contributed by atoms with Crippen LogP contribution < -0.4 is 0 Å². The van der Waals surface area contributed by atoms with Gasteiger partial charge in [-0.05, 0) is 99.5 Å². The summed E-state index contributed by atoms with van der Waals surface area (Å²) in [7, 11) is -8.37. The molecule has 0 aliphatic rings. The maximum atomic E-state index is 6.35. The van der Waals surface area contributed by atoms with Crippen molar-refractivity contribution in [3.63, 3.8) is 0 Å². The van der Waals surface area contributed by atoms with E-state index in [2.05, 4.69) is 0 Å². The lowest BCUT2D eigenvalue weighted by Crippen LogP contribution is -2.50. The summed E-state index contributed by atoms with van der Waals surface area (Å²) in [6.07, 6.45) is 3.79. The van der Waals surface area contributed by atoms with Crippen molar-refractivity contribution in [2.45, 2.75) is 93.5 Å². The maximum absolute atomic E-state index is 6.35. The molecule has 0 bridgehead atoms. The Morgan fingerprint density at radius 3 is 0.897 bits per heavy atom. The molecule has 0 aromatic rings. The molecule has 0 saturated carbocycles. The number of hydrogen-bond donors (Lipinski definition) is 0. The Balaban J connectivity index is 5.56. The molecule has 0 saturated heterocycles. The Labute approximate surface area is 250 Å². The third kappa shape index (κ3) is 15.3. The average Bonchev–Trinajstić information content (AvgIpc) is 2.89. The fourth-order valence-electron chi connectivity index (χ4n) is 4.19. The Bertz CT molecular complexity index is 486. The molecule has 0 spiro atoms. The Kier molecular flexibility index (Phi) is 25.1. The van der Waals surface area contributed by atoms with Crippen molar-refractivity contribution in [1.29, 1.82) is 0 Å². The van der Waals surface area contributed by atoms with Crippen LogP contribution in [0, 0.1) is 0 Å². The van der Waals surface area contributed by atoms with Gasteiger partial charge in [-0.25, -0.2) is 0 Å². The van der Waals surface area contributed by atoms with Crippen LogP contribution in [0.15, 0.2) is 0 Å². The van der Waals surface area contributed by atoms with E-state index in [9.17, 15) is 0 Å². The molecule has 0 radical (unpaired) electrons. The Hall–Kier alpha value is 0.991. The van der Waals surface area contributed by atoms with Crippen LogP contribution in [-0.4, -0.2) is 95.7 Å². The van der Waals surface area contributed by atoms with Crippen LogP contribution in [-0.2, 0) is 39.8 Å². The lowest BCUT2D eigenvalue weighted by Gasteiger charge is -2.36. The van der Waals surface area contributed by atoms with Gasteiger partial charge in [0.2, 0.25) is 0 Å². The standard InChI is InChI=1S/C25H58O9S2Si3/c1-10-26-37(27-11-2,28-12-3)25(21-19-23-35-38(29-13-4,30-14-5)31-15-6)22-20-24-36-39(32-16-7,33-17-8)34-18-9/h25H,10-24H2,1-9H3. The number of rotatable bonds is 29. The Morgan fingerprint density at radius 1 is 0.410 bits per heavy atom. The first kappa shape index (κ1) is 40.0. The minimum atomic E-state index is -2.89. The van der Waals surface area contributed by atoms with Gasteiger partial charge in [0.1, 0.15) is 0 Å². The molecule has 0 aromatic carbocycles. The number of hydrogen-bond acceptors (Lipinski definition) is 11. The molecule has 0 heterocycles. The van der Waals surface area contributed by atoms with Gasteiger partial charge in [-0.2, -0.15) is 0 Å². The molecule has 236 valence electrons. The zero-order valence-corrected chi connectivity index (χ0v) is 30.8. The molecule has 0 rings (SSSR count). The third-order valence-corrected chi connectivity index (χ3v) is 20.1. The van der Waals surface area contributed by atoms with Crippen LogP contribution in [0.25, 0.3) is 0 Å². The lowest BCUT2D eigenvalue weighted by atomic mass is 10.1. The molecule has 0 unspecified atom stereocenters. The molecule has 9 nitrogen and oxygen atoms in total. The molecule has 39 heavy (non-hydrogen) atoms. The summed E-state index contributed by atoms with van der Waals surface area (Å²) in [6.45, 7) is 23.1. The summed E-state index contributed by atoms with van der Waals surface area (Å²) in [6, 6.07) is 0. The molecule has 0 amide bonds. The fourth-order valence-corrected chi connectivity index (χ4v) is 17.7. The van der Waals surface area contributed by atoms with Crippen molar-refractivity contribution in [3.05, 3.63) is 0 Å². The summed E-state index contributed by atoms with van der Waals surface area (Å²) in [5.41, 5.74) is 0.184. The highest BCUT2D eigenvalue weighted by atomic mass is 32.4. The predicted octanol–water partition coefficient (Wildman–Crippen LogP) is 6.52. The highest BCUT2D eigenvalue weighted by Gasteiger charge is 2.49. The van der Waals surface area contributed by atoms with E-state index in [4.69, 9.17) is 39.8 Å². The molecule has 0 aliphatic carbocycles. The second-order valence-electron chi connectivity index (χ2n) is 8.18. The SMILES string of the molecule is CCO[Si](OCC)(OCC)SCCCC(CCCS[Si](OCC)(OCC)OCC)[Si](OCC)(OCC)OCC. The van der Waals surface area contributed by atoms with Gasteiger partial charge in [-0.3, -0.25) is 0 Å². The Morgan fingerprint density at radius 2 is 0.667 bits per heavy atom. The third-order valence-electron chi connectivity index (χ3n) is 5.41. The highest BCUT2D eigenvalue weighted by molar-refractivity contribution is 8.26. The molecule has 0 N–H and O–H groups in total. The second-order valence-corrected chi connectivity index (χ2v) is 20.9. The van der Waals surface area contributed by atoms with E-state index in [-0.39, 0.29) is 5.54 Å². The normalized spacial score (nSPS) is 13.1. The molecular formula is C25H58O9S2Si3. The highest BCUT2D eigenvalue weighted by Crippen LogP contribution is 2.37. The van der Waals surface area contributed by atoms with Crippen molar-refractivity contribution in [3.8, 4) is 0 Å². The van der Waals surface area contributed by atoms with Gasteiger partial charge in [0.05, 0.1) is 0 Å². The van der Waals surface area contributed by atoms with Gasteiger partial charge in [-0.1, -0.05) is 22.4 Å². The quantitative estimate of drug-likeness (QED) is 0.0655. The molecule has 0 aliphatic heterocycles. The average molecular weight is 651 g/mol. The van der Waals surface area contributed by atoms with Crippen molar-refractivity contribution >= 4 is 47.1 Å². The van der Waals surface area contributed by atoms with Crippen LogP contribution in [0.1, 0.15) is 88.0 Å². The fraction of sp³-hybridized carbons (Fsp3) is 1.00. The van der Waals surface area contributed by atoms with Gasteiger partial charge >= 0.3 is 24.7 Å². The smallest absolute Gasteiger partial charge is 0.374 e. The first-order chi connectivity index (χ1) is 18.9. The topological polar surface area (TPSA) is 83.1 Å². The van der Waals surface area contributed by atoms with Crippen molar-refractivity contribution in [2.24, 2.45) is 0 Å². The van der Waals surface area contributed by atoms with Crippen LogP contribution in [0.2, 0.25) is 5.54 Å². The lowest BCUT2D eigenvalue weighted by molar-refractivity contribution is 0.0585. The van der Waals surface area contributed by atoms with Crippen molar-refractivity contribution in [1.82, 2.24) is 0 Å². The maximum Gasteiger partial charge on any atom is 0.573 e. The first-order valence-corrected chi connectivity index (χ1v) is 23.6.